The number of nitrogen functional groups attached to an aromatic ring is 1. The predicted octanol–water partition coefficient (Wildman–Crippen LogP) is 23.2. The highest BCUT2D eigenvalue weighted by atomic mass is 32.2. The van der Waals surface area contributed by atoms with Crippen molar-refractivity contribution >= 4 is 74.6 Å². The number of aliphatic hydroxyl groups is 4. The molecule has 750 valence electrons. The fraction of sp³-hybridized carbons (Fsp3) is 0.779. The first-order valence-corrected chi connectivity index (χ1v) is 54.6. The lowest BCUT2D eigenvalue weighted by atomic mass is 9.44. The van der Waals surface area contributed by atoms with Gasteiger partial charge < -0.3 is 43.4 Å². The van der Waals surface area contributed by atoms with Gasteiger partial charge in [-0.3, -0.25) is 24.2 Å². The van der Waals surface area contributed by atoms with Gasteiger partial charge in [-0.2, -0.15) is 9.90 Å². The second kappa shape index (κ2) is 37.3. The van der Waals surface area contributed by atoms with E-state index in [0.29, 0.717) is 138 Å². The van der Waals surface area contributed by atoms with E-state index in [0.717, 1.165) is 157 Å². The normalized spacial score (nSPS) is 43.9. The van der Waals surface area contributed by atoms with Crippen LogP contribution >= 0.6 is 11.8 Å². The summed E-state index contributed by atoms with van der Waals surface area (Å²) in [5.74, 6) is 11.0. The molecule has 5 aromatic rings. The minimum absolute atomic E-state index is 0. The number of benzene rings is 3. The van der Waals surface area contributed by atoms with Gasteiger partial charge >= 0.3 is 0 Å². The predicted molar refractivity (Wildman–Crippen MR) is 536 cm³/mol. The number of fused-ring (bicyclic) bond motifs is 22. The number of carbonyl (C=O) groups excluding carboxylic acids is 4. The van der Waals surface area contributed by atoms with Gasteiger partial charge in [0.25, 0.3) is 0 Å². The Morgan fingerprint density at radius 2 is 0.787 bits per heavy atom. The number of ketones is 4. The smallest absolute Gasteiger partial charge is 0.159 e. The zero-order valence-electron chi connectivity index (χ0n) is 85.4. The van der Waals surface area contributed by atoms with Gasteiger partial charge in [0.2, 0.25) is 0 Å². The molecule has 0 aliphatic heterocycles. The maximum absolute atomic E-state index is 14.6. The standard InChI is InChI=1S/2C29H40FN3O2.C29H43FN2O2.C26H42N2O2S.H3N/c1-17-5-10-23-26(25(17)30)31-32-33(23)16-24(34)22-9-8-20-19-7-6-18-15-27(2,35)13-14-28(18,3)21(19)11-12-29(20,22)4;1-17-5-10-23-26(25(17)30)32-33(31-23)16-24(34)22-9-8-20-19-7-6-18-15-27(2,35)13-14-28(18,3)21(19)11-12-29(20,22)4;1-17-5-10-23(31)26(25(17)30)32-16-24(33)22-9-8-20-19-7-6-18-15-27(2,34)13-14-28(18,3)21(19)11-12-29(20,22)4;1-24(30)11-12-25(2)17(13-24)5-6-19-20-7-8-22(26(20,3)10-9-21(19)25)23(29)16-28-15-18(14-27)31-4;/h2*5,10,18-22,35H,6-9,11-16H2,1-4H3;5,10,18-22,32,34H,6-9,11-16,31H2,1-4H3;14-15,17,19-22,30H,5-13,16,27H2,1-4H3;1H3/t3*18-,19-,20-,21-,22+,27+,28-,29-;17-,19-,20-,21-,22+,24+,25-,26-;/m0000./s1. The Balaban J connectivity index is 0.000000126. The van der Waals surface area contributed by atoms with Crippen LogP contribution in [0.4, 0.5) is 24.5 Å². The molecule has 16 fully saturated rings. The van der Waals surface area contributed by atoms with Gasteiger partial charge in [0.15, 0.2) is 40.6 Å². The van der Waals surface area contributed by atoms with Gasteiger partial charge in [-0.1, -0.05) is 78.8 Å². The summed E-state index contributed by atoms with van der Waals surface area (Å²) in [7, 11) is 0. The lowest BCUT2D eigenvalue weighted by molar-refractivity contribution is -0.151. The van der Waals surface area contributed by atoms with Crippen molar-refractivity contribution in [3.05, 3.63) is 81.6 Å². The van der Waals surface area contributed by atoms with Crippen LogP contribution in [0.1, 0.15) is 331 Å². The number of hydrogen-bond acceptors (Lipinski definition) is 18. The van der Waals surface area contributed by atoms with Gasteiger partial charge in [-0.15, -0.1) is 22.0 Å². The maximum Gasteiger partial charge on any atom is 0.159 e. The highest BCUT2D eigenvalue weighted by Gasteiger charge is 2.68. The molecular weight excluding hydrogens is 1730 g/mol. The Hall–Kier alpha value is -6.11. The Morgan fingerprint density at radius 3 is 1.18 bits per heavy atom. The molecule has 16 aliphatic carbocycles. The maximum atomic E-state index is 14.6. The fourth-order valence-corrected chi connectivity index (χ4v) is 36.7. The van der Waals surface area contributed by atoms with E-state index in [4.69, 9.17) is 11.5 Å². The highest BCUT2D eigenvalue weighted by Crippen LogP contribution is 2.74. The van der Waals surface area contributed by atoms with Crippen LogP contribution in [-0.4, -0.2) is 122 Å². The Morgan fingerprint density at radius 1 is 0.434 bits per heavy atom. The van der Waals surface area contributed by atoms with Gasteiger partial charge in [-0.05, 0) is 459 Å². The SMILES string of the molecule is CSC(C=NCC(=O)[C@H]1CC[C@H]2[C@@H]3CC[C@H]4C[C@](C)(O)CC[C@]4(C)[C@H]3CC[C@]12C)=CN.Cc1ccc(N)c(NCC(=O)[C@H]2CC[C@H]3[C@@H]4CC[C@H]5C[C@](C)(O)CC[C@]5(C)[C@H]4CC[C@]23C)c1F.Cc1ccc2c(nnn2CC(=O)[C@H]2CC[C@H]3[C@@H]4CC[C@H]5C[C@](C)(O)CC[C@]5(C)[C@H]4CC[C@]23C)c1F.Cc1ccc2nn(CC(=O)[C@H]3CC[C@H]4[C@@H]5CC[C@H]6C[C@](C)(O)CC[C@]6(C)[C@H]5CC[C@]34C)nc2c1F.N. The second-order valence-corrected chi connectivity index (χ2v) is 52.2. The van der Waals surface area contributed by atoms with Gasteiger partial charge in [0.1, 0.15) is 29.6 Å². The number of nitrogens with one attached hydrogen (secondary N) is 1. The summed E-state index contributed by atoms with van der Waals surface area (Å²) in [6.45, 7) is 33.6. The van der Waals surface area contributed by atoms with Crippen LogP contribution in [0.15, 0.2) is 52.5 Å². The Kier molecular flexibility index (Phi) is 27.8. The van der Waals surface area contributed by atoms with Crippen LogP contribution < -0.4 is 22.9 Å². The summed E-state index contributed by atoms with van der Waals surface area (Å²) in [4.78, 5) is 60.7. The summed E-state index contributed by atoms with van der Waals surface area (Å²) in [5.41, 5.74) is 15.1. The number of halogens is 3. The quantitative estimate of drug-likeness (QED) is 0.0357. The van der Waals surface area contributed by atoms with E-state index >= 15 is 0 Å². The van der Waals surface area contributed by atoms with Crippen LogP contribution in [0, 0.1) is 200 Å². The first-order valence-electron chi connectivity index (χ1n) is 53.4. The lowest BCUT2D eigenvalue weighted by Gasteiger charge is -2.61. The van der Waals surface area contributed by atoms with Gasteiger partial charge in [-0.25, -0.2) is 17.9 Å². The molecule has 23 heteroatoms. The van der Waals surface area contributed by atoms with Gasteiger partial charge in [0, 0.05) is 41.0 Å². The molecule has 3 aromatic carbocycles. The number of thioether (sulfide) groups is 1. The van der Waals surface area contributed by atoms with Crippen molar-refractivity contribution in [1.82, 2.24) is 36.1 Å². The number of aliphatic imine (C=N–C) groups is 1. The van der Waals surface area contributed by atoms with E-state index in [-0.39, 0.29) is 129 Å². The highest BCUT2D eigenvalue weighted by molar-refractivity contribution is 8.03. The van der Waals surface area contributed by atoms with Crippen molar-refractivity contribution in [3.63, 3.8) is 0 Å². The Labute approximate surface area is 813 Å². The summed E-state index contributed by atoms with van der Waals surface area (Å²) in [5, 5.41) is 62.9. The number of nitrogens with zero attached hydrogens (tertiary/aromatic N) is 7. The number of allylic oxidation sites excluding steroid dienone is 1. The molecule has 16 aliphatic rings. The van der Waals surface area contributed by atoms with Crippen LogP contribution in [0.5, 0.6) is 0 Å². The zero-order chi connectivity index (χ0) is 96.4. The third kappa shape index (κ3) is 17.7. The van der Waals surface area contributed by atoms with Crippen LogP contribution in [0.25, 0.3) is 22.1 Å². The summed E-state index contributed by atoms with van der Waals surface area (Å²) < 4.78 is 45.1. The molecule has 2 aromatic heterocycles. The molecule has 0 saturated heterocycles. The molecule has 19 nitrogen and oxygen atoms in total. The lowest BCUT2D eigenvalue weighted by Crippen LogP contribution is -2.55. The summed E-state index contributed by atoms with van der Waals surface area (Å²) in [6.07, 6.45) is 45.1. The molecule has 32 atom stereocenters. The molecule has 0 amide bonds. The monoisotopic (exact) mass is 1900 g/mol. The van der Waals surface area contributed by atoms with Crippen LogP contribution in [0.2, 0.25) is 0 Å². The molecule has 136 heavy (non-hydrogen) atoms. The van der Waals surface area contributed by atoms with E-state index in [1.807, 2.05) is 40.0 Å². The molecule has 0 bridgehead atoms. The van der Waals surface area contributed by atoms with Crippen molar-refractivity contribution in [2.75, 3.05) is 30.4 Å². The number of aryl methyl sites for hydroxylation is 3. The molecular formula is C113H168F3N11O8S. The largest absolute Gasteiger partial charge is 0.404 e. The van der Waals surface area contributed by atoms with E-state index in [9.17, 15) is 52.8 Å². The van der Waals surface area contributed by atoms with Crippen LogP contribution in [-0.2, 0) is 32.3 Å². The first-order chi connectivity index (χ1) is 63.7. The number of carbonyl (C=O) groups is 4. The number of nitrogens with two attached hydrogens (primary N) is 2. The fourth-order valence-electron chi connectivity index (χ4n) is 36.4. The Bertz CT molecular complexity index is 5360. The number of rotatable bonds is 15. The van der Waals surface area contributed by atoms with E-state index in [2.05, 4.69) is 86.2 Å². The van der Waals surface area contributed by atoms with Crippen LogP contribution in [0.3, 0.4) is 0 Å². The summed E-state index contributed by atoms with van der Waals surface area (Å²) >= 11 is 1.55. The topological polar surface area (TPSA) is 322 Å². The number of Topliss-reactive ketones (excluding diaryl/α,β-unsaturated/α-hetero) is 4. The summed E-state index contributed by atoms with van der Waals surface area (Å²) in [6, 6.07) is 10.4. The molecule has 16 saturated carbocycles. The van der Waals surface area contributed by atoms with Crippen molar-refractivity contribution in [3.8, 4) is 0 Å². The van der Waals surface area contributed by atoms with Gasteiger partial charge in [0.05, 0.1) is 52.4 Å². The number of anilines is 2. The first kappa shape index (κ1) is 101. The van der Waals surface area contributed by atoms with Crippen molar-refractivity contribution in [1.29, 1.82) is 0 Å². The molecule has 12 N–H and O–H groups in total. The zero-order valence-corrected chi connectivity index (χ0v) is 86.2. The molecule has 0 spiro atoms. The minimum Gasteiger partial charge on any atom is -0.404 e. The molecule has 0 radical (unpaired) electrons. The molecule has 0 unspecified atom stereocenters. The average molecular weight is 1900 g/mol. The van der Waals surface area contributed by atoms with E-state index in [1.165, 1.54) is 101 Å². The van der Waals surface area contributed by atoms with Crippen molar-refractivity contribution < 1.29 is 52.8 Å². The van der Waals surface area contributed by atoms with E-state index < -0.39 is 22.4 Å². The number of aromatic nitrogens is 6. The minimum atomic E-state index is -0.502. The number of hydrogen-bond donors (Lipinski definition) is 8. The van der Waals surface area contributed by atoms with Crippen molar-refractivity contribution in [2.24, 2.45) is 172 Å². The molecule has 21 rings (SSSR count). The second-order valence-electron chi connectivity index (χ2n) is 51.4. The van der Waals surface area contributed by atoms with E-state index in [1.54, 1.807) is 80.0 Å². The van der Waals surface area contributed by atoms with Crippen molar-refractivity contribution in [2.45, 2.75) is 370 Å². The third-order valence-corrected chi connectivity index (χ3v) is 44.9. The molecule has 2 heterocycles. The third-order valence-electron chi connectivity index (χ3n) is 44.2. The average Bonchev–Trinajstić information content (AvgIpc) is 1.48.